The summed E-state index contributed by atoms with van der Waals surface area (Å²) in [5, 5.41) is 9.11. The molecule has 2 N–H and O–H groups in total. The van der Waals surface area contributed by atoms with E-state index < -0.39 is 32.8 Å². The average molecular weight is 394 g/mol. The second kappa shape index (κ2) is 6.41. The number of sulfonamides is 1. The third-order valence-corrected chi connectivity index (χ3v) is 6.91. The Hall–Kier alpha value is -2.27. The van der Waals surface area contributed by atoms with Gasteiger partial charge in [-0.15, -0.1) is 0 Å². The molecule has 4 rings (SSSR count). The zero-order chi connectivity index (χ0) is 19.2. The molecule has 0 atom stereocenters. The number of aromatic amines is 1. The number of fused-ring (bicyclic) bond motifs is 1. The minimum atomic E-state index is -3.83. The minimum Gasteiger partial charge on any atom is -0.477 e. The number of carbonyl (C=O) groups is 1. The first-order chi connectivity index (χ1) is 12.8. The molecule has 2 saturated heterocycles. The number of hydrogen-bond acceptors (Lipinski definition) is 6. The molecule has 0 radical (unpaired) electrons. The first kappa shape index (κ1) is 18.1. The number of pyridine rings is 1. The van der Waals surface area contributed by atoms with E-state index in [0.29, 0.717) is 31.6 Å². The largest absolute Gasteiger partial charge is 0.477 e. The summed E-state index contributed by atoms with van der Waals surface area (Å²) in [7, 11) is -3.83. The van der Waals surface area contributed by atoms with E-state index in [1.807, 2.05) is 0 Å². The van der Waals surface area contributed by atoms with Crippen LogP contribution in [0.5, 0.6) is 0 Å². The molecule has 9 nitrogen and oxygen atoms in total. The van der Waals surface area contributed by atoms with Crippen LogP contribution in [0.1, 0.15) is 23.2 Å². The van der Waals surface area contributed by atoms with E-state index in [1.165, 1.54) is 22.5 Å². The van der Waals surface area contributed by atoms with Crippen LogP contribution < -0.4 is 5.43 Å². The van der Waals surface area contributed by atoms with Crippen LogP contribution in [0.4, 0.5) is 0 Å². The Labute approximate surface area is 154 Å². The van der Waals surface area contributed by atoms with Crippen molar-refractivity contribution in [3.8, 4) is 0 Å². The molecule has 1 aromatic heterocycles. The van der Waals surface area contributed by atoms with Gasteiger partial charge in [-0.25, -0.2) is 13.2 Å². The lowest BCUT2D eigenvalue weighted by atomic mass is 10.1. The van der Waals surface area contributed by atoms with Crippen molar-refractivity contribution >= 4 is 26.9 Å². The number of ether oxygens (including phenoxy) is 2. The zero-order valence-corrected chi connectivity index (χ0v) is 15.1. The van der Waals surface area contributed by atoms with Crippen LogP contribution in [-0.4, -0.2) is 60.9 Å². The van der Waals surface area contributed by atoms with E-state index in [0.717, 1.165) is 6.20 Å². The van der Waals surface area contributed by atoms with Gasteiger partial charge in [0, 0.05) is 43.0 Å². The quantitative estimate of drug-likeness (QED) is 0.787. The number of carboxylic acid groups (broad SMARTS) is 1. The van der Waals surface area contributed by atoms with Gasteiger partial charge in [-0.2, -0.15) is 4.31 Å². The van der Waals surface area contributed by atoms with Crippen molar-refractivity contribution in [1.82, 2.24) is 9.29 Å². The van der Waals surface area contributed by atoms with Gasteiger partial charge in [-0.3, -0.25) is 4.79 Å². The van der Waals surface area contributed by atoms with E-state index in [4.69, 9.17) is 14.6 Å². The lowest BCUT2D eigenvalue weighted by molar-refractivity contribution is -0.179. The van der Waals surface area contributed by atoms with Crippen LogP contribution in [0, 0.1) is 0 Å². The smallest absolute Gasteiger partial charge is 0.341 e. The van der Waals surface area contributed by atoms with Crippen molar-refractivity contribution in [2.24, 2.45) is 0 Å². The van der Waals surface area contributed by atoms with E-state index in [9.17, 15) is 18.0 Å². The molecule has 3 heterocycles. The Kier molecular flexibility index (Phi) is 4.30. The summed E-state index contributed by atoms with van der Waals surface area (Å²) in [6, 6.07) is 4.09. The highest BCUT2D eigenvalue weighted by atomic mass is 32.2. The second-order valence-electron chi connectivity index (χ2n) is 6.56. The number of piperidine rings is 1. The maximum atomic E-state index is 13.0. The summed E-state index contributed by atoms with van der Waals surface area (Å²) in [4.78, 5) is 26.2. The number of nitrogens with one attached hydrogen (secondary N) is 1. The van der Waals surface area contributed by atoms with E-state index in [1.54, 1.807) is 0 Å². The predicted molar refractivity (Wildman–Crippen MR) is 94.2 cm³/mol. The highest BCUT2D eigenvalue weighted by Crippen LogP contribution is 2.33. The lowest BCUT2D eigenvalue weighted by Crippen LogP contribution is -2.47. The Morgan fingerprint density at radius 2 is 1.85 bits per heavy atom. The summed E-state index contributed by atoms with van der Waals surface area (Å²) in [5.41, 5.74) is -0.791. The van der Waals surface area contributed by atoms with Gasteiger partial charge >= 0.3 is 5.97 Å². The van der Waals surface area contributed by atoms with E-state index >= 15 is 0 Å². The molecule has 2 aliphatic rings. The fourth-order valence-electron chi connectivity index (χ4n) is 3.52. The summed E-state index contributed by atoms with van der Waals surface area (Å²) in [5.74, 6) is -2.06. The van der Waals surface area contributed by atoms with Gasteiger partial charge in [-0.05, 0) is 18.2 Å². The molecule has 1 aromatic carbocycles. The number of rotatable bonds is 3. The second-order valence-corrected chi connectivity index (χ2v) is 8.49. The third kappa shape index (κ3) is 3.04. The molecule has 27 heavy (non-hydrogen) atoms. The molecule has 0 saturated carbocycles. The molecular weight excluding hydrogens is 376 g/mol. The minimum absolute atomic E-state index is 0.0203. The van der Waals surface area contributed by atoms with E-state index in [-0.39, 0.29) is 23.4 Å². The monoisotopic (exact) mass is 394 g/mol. The van der Waals surface area contributed by atoms with Crippen LogP contribution in [-0.2, 0) is 19.5 Å². The number of hydrogen-bond donors (Lipinski definition) is 2. The summed E-state index contributed by atoms with van der Waals surface area (Å²) >= 11 is 0. The highest BCUT2D eigenvalue weighted by molar-refractivity contribution is 7.89. The topological polar surface area (TPSA) is 126 Å². The third-order valence-electron chi connectivity index (χ3n) is 5.02. The molecule has 144 valence electrons. The molecule has 0 unspecified atom stereocenters. The SMILES string of the molecule is O=C(O)c1c[nH]c2ccc(S(=O)(=O)N3CCC4(CC3)OCCO4)cc2c1=O. The maximum Gasteiger partial charge on any atom is 0.341 e. The number of aromatic carboxylic acids is 1. The molecule has 0 aliphatic carbocycles. The van der Waals surface area contributed by atoms with Crippen molar-refractivity contribution in [1.29, 1.82) is 0 Å². The van der Waals surface area contributed by atoms with E-state index in [2.05, 4.69) is 4.98 Å². The Balaban J connectivity index is 1.67. The normalized spacial score (nSPS) is 20.3. The first-order valence-electron chi connectivity index (χ1n) is 8.49. The summed E-state index contributed by atoms with van der Waals surface area (Å²) in [6.45, 7) is 1.50. The molecule has 0 bridgehead atoms. The molecule has 2 aromatic rings. The van der Waals surface area contributed by atoms with Gasteiger partial charge in [0.25, 0.3) is 0 Å². The number of nitrogens with zero attached hydrogens (tertiary/aromatic N) is 1. The molecule has 2 aliphatic heterocycles. The average Bonchev–Trinajstić information content (AvgIpc) is 3.10. The standard InChI is InChI=1S/C17H18N2O7S/c20-15-12-9-11(1-2-14(12)18-10-13(15)16(21)22)27(23,24)19-5-3-17(4-6-19)25-7-8-26-17/h1-2,9-10H,3-8H2,(H,18,20)(H,21,22). The Morgan fingerprint density at radius 1 is 1.19 bits per heavy atom. The van der Waals surface area contributed by atoms with Crippen molar-refractivity contribution < 1.29 is 27.8 Å². The maximum absolute atomic E-state index is 13.0. The molecule has 10 heteroatoms. The molecule has 0 amide bonds. The van der Waals surface area contributed by atoms with Crippen molar-refractivity contribution in [2.75, 3.05) is 26.3 Å². The first-order valence-corrected chi connectivity index (χ1v) is 9.93. The number of H-pyrrole nitrogens is 1. The zero-order valence-electron chi connectivity index (χ0n) is 14.3. The van der Waals surface area contributed by atoms with Crippen LogP contribution in [0.2, 0.25) is 0 Å². The molecule has 1 spiro atoms. The van der Waals surface area contributed by atoms with Crippen molar-refractivity contribution in [2.45, 2.75) is 23.5 Å². The number of aromatic nitrogens is 1. The van der Waals surface area contributed by atoms with Gasteiger partial charge in [0.15, 0.2) is 5.79 Å². The lowest BCUT2D eigenvalue weighted by Gasteiger charge is -2.36. The van der Waals surface area contributed by atoms with Gasteiger partial charge in [0.2, 0.25) is 15.5 Å². The fourth-order valence-corrected chi connectivity index (χ4v) is 4.99. The Bertz CT molecular complexity index is 1060. The fraction of sp³-hybridized carbons (Fsp3) is 0.412. The van der Waals surface area contributed by atoms with Gasteiger partial charge in [0.05, 0.1) is 18.1 Å². The van der Waals surface area contributed by atoms with Crippen LogP contribution in [0.25, 0.3) is 10.9 Å². The van der Waals surface area contributed by atoms with Crippen LogP contribution >= 0.6 is 0 Å². The number of benzene rings is 1. The summed E-state index contributed by atoms with van der Waals surface area (Å²) < 4.78 is 38.5. The van der Waals surface area contributed by atoms with Crippen LogP contribution in [0.15, 0.2) is 34.1 Å². The molecule has 2 fully saturated rings. The van der Waals surface area contributed by atoms with Gasteiger partial charge in [-0.1, -0.05) is 0 Å². The predicted octanol–water partition coefficient (Wildman–Crippen LogP) is 0.754. The Morgan fingerprint density at radius 3 is 2.48 bits per heavy atom. The van der Waals surface area contributed by atoms with Gasteiger partial charge in [0.1, 0.15) is 5.56 Å². The van der Waals surface area contributed by atoms with Crippen molar-refractivity contribution in [3.05, 3.63) is 40.2 Å². The van der Waals surface area contributed by atoms with Gasteiger partial charge < -0.3 is 19.6 Å². The van der Waals surface area contributed by atoms with Crippen LogP contribution in [0.3, 0.4) is 0 Å². The highest BCUT2D eigenvalue weighted by Gasteiger charge is 2.42. The summed E-state index contributed by atoms with van der Waals surface area (Å²) in [6.07, 6.45) is 1.97. The molecular formula is C17H18N2O7S. The number of carboxylic acids is 1. The van der Waals surface area contributed by atoms with Crippen molar-refractivity contribution in [3.63, 3.8) is 0 Å².